The van der Waals surface area contributed by atoms with Crippen molar-refractivity contribution < 1.29 is 4.79 Å². The van der Waals surface area contributed by atoms with Crippen molar-refractivity contribution in [1.29, 1.82) is 0 Å². The van der Waals surface area contributed by atoms with Crippen molar-refractivity contribution in [3.63, 3.8) is 0 Å². The molecule has 3 aromatic rings. The molecule has 20 heavy (non-hydrogen) atoms. The van der Waals surface area contributed by atoms with Crippen molar-refractivity contribution in [2.45, 2.75) is 19.9 Å². The quantitative estimate of drug-likeness (QED) is 0.681. The zero-order chi connectivity index (χ0) is 13.9. The summed E-state index contributed by atoms with van der Waals surface area (Å²) in [5.41, 5.74) is 3.89. The molecule has 0 atom stereocenters. The number of rotatable bonds is 4. The van der Waals surface area contributed by atoms with Crippen LogP contribution in [0.2, 0.25) is 0 Å². The minimum absolute atomic E-state index is 0.573. The van der Waals surface area contributed by atoms with Gasteiger partial charge in [0.15, 0.2) is 11.9 Å². The van der Waals surface area contributed by atoms with Gasteiger partial charge in [0.05, 0.1) is 12.7 Å². The summed E-state index contributed by atoms with van der Waals surface area (Å²) in [6, 6.07) is 10.3. The van der Waals surface area contributed by atoms with Gasteiger partial charge in [-0.05, 0) is 23.6 Å². The number of hydrogen-bond acceptors (Lipinski definition) is 3. The van der Waals surface area contributed by atoms with Crippen LogP contribution in [0.3, 0.4) is 0 Å². The first-order valence-corrected chi connectivity index (χ1v) is 6.64. The molecule has 1 aromatic carbocycles. The molecule has 0 spiro atoms. The Labute approximate surface area is 117 Å². The van der Waals surface area contributed by atoms with Crippen LogP contribution in [0.15, 0.2) is 42.7 Å². The summed E-state index contributed by atoms with van der Waals surface area (Å²) < 4.78 is 1.85. The number of aryl methyl sites for hydroxylation is 1. The van der Waals surface area contributed by atoms with Gasteiger partial charge in [0.2, 0.25) is 0 Å². The Bertz CT molecular complexity index is 744. The molecule has 2 aromatic heterocycles. The zero-order valence-electron chi connectivity index (χ0n) is 11.3. The molecule has 100 valence electrons. The van der Waals surface area contributed by atoms with Gasteiger partial charge in [-0.2, -0.15) is 5.10 Å². The predicted octanol–water partition coefficient (Wildman–Crippen LogP) is 2.85. The van der Waals surface area contributed by atoms with Gasteiger partial charge in [-0.25, -0.2) is 9.67 Å². The Balaban J connectivity index is 1.91. The zero-order valence-corrected chi connectivity index (χ0v) is 11.3. The third-order valence-corrected chi connectivity index (χ3v) is 3.40. The molecular weight excluding hydrogens is 250 g/mol. The number of hydrogen-bond donors (Lipinski definition) is 0. The van der Waals surface area contributed by atoms with E-state index in [2.05, 4.69) is 41.3 Å². The third-order valence-electron chi connectivity index (χ3n) is 3.40. The molecule has 0 radical (unpaired) electrons. The average molecular weight is 265 g/mol. The molecule has 4 heteroatoms. The fraction of sp³-hybridized carbons (Fsp3) is 0.188. The number of pyridine rings is 1. The maximum atomic E-state index is 10.7. The van der Waals surface area contributed by atoms with E-state index in [1.54, 1.807) is 18.5 Å². The Morgan fingerprint density at radius 3 is 2.60 bits per heavy atom. The lowest BCUT2D eigenvalue weighted by molar-refractivity contribution is 0.112. The van der Waals surface area contributed by atoms with Gasteiger partial charge in [0.25, 0.3) is 0 Å². The lowest BCUT2D eigenvalue weighted by Crippen LogP contribution is -2.02. The van der Waals surface area contributed by atoms with Crippen molar-refractivity contribution in [1.82, 2.24) is 14.8 Å². The molecule has 0 aliphatic carbocycles. The van der Waals surface area contributed by atoms with E-state index in [1.807, 2.05) is 4.68 Å². The normalized spacial score (nSPS) is 10.8. The summed E-state index contributed by atoms with van der Waals surface area (Å²) in [6.07, 6.45) is 5.16. The summed E-state index contributed by atoms with van der Waals surface area (Å²) in [5, 5.41) is 5.24. The topological polar surface area (TPSA) is 47.8 Å². The number of aromatic nitrogens is 3. The highest BCUT2D eigenvalue weighted by Gasteiger charge is 2.05. The van der Waals surface area contributed by atoms with Gasteiger partial charge < -0.3 is 0 Å². The number of aldehydes is 1. The van der Waals surface area contributed by atoms with Crippen LogP contribution >= 0.6 is 0 Å². The molecule has 0 aliphatic rings. The first kappa shape index (κ1) is 12.5. The molecule has 4 nitrogen and oxygen atoms in total. The Morgan fingerprint density at radius 1 is 1.15 bits per heavy atom. The van der Waals surface area contributed by atoms with Crippen LogP contribution in [0.25, 0.3) is 11.0 Å². The van der Waals surface area contributed by atoms with E-state index >= 15 is 0 Å². The van der Waals surface area contributed by atoms with Crippen LogP contribution in [0.4, 0.5) is 0 Å². The minimum atomic E-state index is 0.573. The molecule has 0 unspecified atom stereocenters. The Hall–Kier alpha value is -2.49. The Kier molecular flexibility index (Phi) is 3.29. The van der Waals surface area contributed by atoms with E-state index in [9.17, 15) is 4.79 Å². The molecule has 0 aliphatic heterocycles. The molecule has 3 rings (SSSR count). The summed E-state index contributed by atoms with van der Waals surface area (Å²) in [5.74, 6) is 0. The second kappa shape index (κ2) is 5.25. The van der Waals surface area contributed by atoms with Crippen LogP contribution in [-0.4, -0.2) is 21.1 Å². The van der Waals surface area contributed by atoms with Crippen molar-refractivity contribution in [2.24, 2.45) is 0 Å². The average Bonchev–Trinajstić information content (AvgIpc) is 2.90. The predicted molar refractivity (Wildman–Crippen MR) is 77.8 cm³/mol. The van der Waals surface area contributed by atoms with Crippen molar-refractivity contribution >= 4 is 17.3 Å². The second-order valence-electron chi connectivity index (χ2n) is 4.77. The maximum absolute atomic E-state index is 10.7. The van der Waals surface area contributed by atoms with Crippen LogP contribution < -0.4 is 0 Å². The van der Waals surface area contributed by atoms with Gasteiger partial charge in [-0.1, -0.05) is 31.2 Å². The van der Waals surface area contributed by atoms with E-state index in [-0.39, 0.29) is 0 Å². The fourth-order valence-corrected chi connectivity index (χ4v) is 2.22. The van der Waals surface area contributed by atoms with Crippen molar-refractivity contribution in [3.05, 3.63) is 59.4 Å². The molecule has 0 N–H and O–H groups in total. The number of nitrogens with zero attached hydrogens (tertiary/aromatic N) is 3. The summed E-state index contributed by atoms with van der Waals surface area (Å²) in [7, 11) is 0. The van der Waals surface area contributed by atoms with E-state index in [0.717, 1.165) is 23.7 Å². The first-order valence-electron chi connectivity index (χ1n) is 6.64. The highest BCUT2D eigenvalue weighted by molar-refractivity contribution is 5.83. The van der Waals surface area contributed by atoms with Gasteiger partial charge in [0, 0.05) is 17.1 Å². The molecule has 0 bridgehead atoms. The fourth-order valence-electron chi connectivity index (χ4n) is 2.22. The third kappa shape index (κ3) is 2.32. The van der Waals surface area contributed by atoms with Gasteiger partial charge in [-0.15, -0.1) is 0 Å². The summed E-state index contributed by atoms with van der Waals surface area (Å²) in [4.78, 5) is 15.1. The number of carbonyl (C=O) groups excluding carboxylic acids is 1. The van der Waals surface area contributed by atoms with E-state index in [1.165, 1.54) is 11.1 Å². The van der Waals surface area contributed by atoms with E-state index in [4.69, 9.17) is 0 Å². The highest BCUT2D eigenvalue weighted by atomic mass is 16.1. The van der Waals surface area contributed by atoms with Crippen LogP contribution in [0.1, 0.15) is 28.4 Å². The molecule has 2 heterocycles. The molecule has 0 fully saturated rings. The maximum Gasteiger partial charge on any atom is 0.158 e. The van der Waals surface area contributed by atoms with E-state index in [0.29, 0.717) is 12.1 Å². The monoisotopic (exact) mass is 265 g/mol. The number of fused-ring (bicyclic) bond motifs is 1. The van der Waals surface area contributed by atoms with Gasteiger partial charge >= 0.3 is 0 Å². The number of carbonyl (C=O) groups is 1. The SMILES string of the molecule is CCc1ccc(Cn2ncc3cc(C=O)cnc32)cc1. The lowest BCUT2D eigenvalue weighted by Gasteiger charge is -2.04. The van der Waals surface area contributed by atoms with Gasteiger partial charge in [-0.3, -0.25) is 4.79 Å². The van der Waals surface area contributed by atoms with Crippen LogP contribution in [0.5, 0.6) is 0 Å². The number of benzene rings is 1. The highest BCUT2D eigenvalue weighted by Crippen LogP contribution is 2.14. The smallest absolute Gasteiger partial charge is 0.158 e. The Morgan fingerprint density at radius 2 is 1.90 bits per heavy atom. The molecule has 0 saturated heterocycles. The van der Waals surface area contributed by atoms with Gasteiger partial charge in [0.1, 0.15) is 0 Å². The second-order valence-corrected chi connectivity index (χ2v) is 4.77. The van der Waals surface area contributed by atoms with Crippen molar-refractivity contribution in [2.75, 3.05) is 0 Å². The van der Waals surface area contributed by atoms with Crippen molar-refractivity contribution in [3.8, 4) is 0 Å². The summed E-state index contributed by atoms with van der Waals surface area (Å²) >= 11 is 0. The minimum Gasteiger partial charge on any atom is -0.298 e. The molecule has 0 saturated carbocycles. The largest absolute Gasteiger partial charge is 0.298 e. The van der Waals surface area contributed by atoms with Crippen LogP contribution in [0, 0.1) is 0 Å². The van der Waals surface area contributed by atoms with Crippen LogP contribution in [-0.2, 0) is 13.0 Å². The van der Waals surface area contributed by atoms with E-state index < -0.39 is 0 Å². The standard InChI is InChI=1S/C16H15N3O/c1-2-12-3-5-13(6-4-12)10-19-16-15(9-18-19)7-14(11-20)8-17-16/h3-9,11H,2,10H2,1H3. The molecule has 0 amide bonds. The summed E-state index contributed by atoms with van der Waals surface area (Å²) in [6.45, 7) is 2.82. The first-order chi connectivity index (χ1) is 9.80. The lowest BCUT2D eigenvalue weighted by atomic mass is 10.1. The molecular formula is C16H15N3O.